The zero-order valence-electron chi connectivity index (χ0n) is 15.5. The molecule has 1 aliphatic heterocycles. The molecule has 1 atom stereocenters. The van der Waals surface area contributed by atoms with Crippen LogP contribution in [0.3, 0.4) is 0 Å². The summed E-state index contributed by atoms with van der Waals surface area (Å²) < 4.78 is 0. The third-order valence-electron chi connectivity index (χ3n) is 5.12. The summed E-state index contributed by atoms with van der Waals surface area (Å²) in [6.07, 6.45) is 4.91. The maximum atomic E-state index is 12.6. The van der Waals surface area contributed by atoms with Crippen molar-refractivity contribution in [1.82, 2.24) is 10.2 Å². The van der Waals surface area contributed by atoms with Crippen LogP contribution >= 0.6 is 11.3 Å². The zero-order valence-corrected chi connectivity index (χ0v) is 16.3. The second kappa shape index (κ2) is 9.10. The summed E-state index contributed by atoms with van der Waals surface area (Å²) >= 11 is 1.67. The van der Waals surface area contributed by atoms with Gasteiger partial charge in [-0.3, -0.25) is 19.8 Å². The maximum absolute atomic E-state index is 12.6. The van der Waals surface area contributed by atoms with Crippen LogP contribution in [0.4, 0.5) is 5.69 Å². The number of nitrogens with zero attached hydrogens (tertiary/aromatic N) is 2. The third kappa shape index (κ3) is 4.93. The first-order valence-electron chi connectivity index (χ1n) is 9.35. The third-order valence-corrected chi connectivity index (χ3v) is 5.82. The Balaban J connectivity index is 1.70. The van der Waals surface area contributed by atoms with E-state index in [1.807, 2.05) is 0 Å². The molecule has 2 heterocycles. The van der Waals surface area contributed by atoms with Gasteiger partial charge in [0.2, 0.25) is 0 Å². The molecule has 1 aromatic heterocycles. The van der Waals surface area contributed by atoms with Crippen LogP contribution in [-0.2, 0) is 0 Å². The summed E-state index contributed by atoms with van der Waals surface area (Å²) in [6, 6.07) is 6.79. The van der Waals surface area contributed by atoms with Crippen LogP contribution in [-0.4, -0.2) is 35.4 Å². The average molecular weight is 388 g/mol. The molecular formula is C20H25N3O3S. The highest BCUT2D eigenvalue weighted by molar-refractivity contribution is 7.07. The fourth-order valence-corrected chi connectivity index (χ4v) is 4.33. The van der Waals surface area contributed by atoms with Gasteiger partial charge in [0.1, 0.15) is 0 Å². The Hall–Kier alpha value is -2.25. The van der Waals surface area contributed by atoms with E-state index < -0.39 is 4.92 Å². The first kappa shape index (κ1) is 19.5. The average Bonchev–Trinajstić information content (AvgIpc) is 3.04. The van der Waals surface area contributed by atoms with E-state index in [1.165, 1.54) is 43.4 Å². The van der Waals surface area contributed by atoms with E-state index in [0.717, 1.165) is 13.1 Å². The molecule has 1 saturated heterocycles. The van der Waals surface area contributed by atoms with Gasteiger partial charge in [-0.15, -0.1) is 0 Å². The topological polar surface area (TPSA) is 75.5 Å². The van der Waals surface area contributed by atoms with Crippen molar-refractivity contribution >= 4 is 22.9 Å². The summed E-state index contributed by atoms with van der Waals surface area (Å²) in [7, 11) is 0. The molecule has 1 fully saturated rings. The highest BCUT2D eigenvalue weighted by Gasteiger charge is 2.23. The molecule has 1 N–H and O–H groups in total. The summed E-state index contributed by atoms with van der Waals surface area (Å²) in [6.45, 7) is 4.28. The first-order chi connectivity index (χ1) is 13.1. The van der Waals surface area contributed by atoms with E-state index in [1.54, 1.807) is 24.3 Å². The second-order valence-corrected chi connectivity index (χ2v) is 7.77. The molecule has 0 bridgehead atoms. The van der Waals surface area contributed by atoms with Gasteiger partial charge in [-0.1, -0.05) is 12.8 Å². The van der Waals surface area contributed by atoms with Gasteiger partial charge in [0.05, 0.1) is 11.0 Å². The molecule has 0 radical (unpaired) electrons. The van der Waals surface area contributed by atoms with Crippen LogP contribution in [0.25, 0.3) is 0 Å². The maximum Gasteiger partial charge on any atom is 0.272 e. The fraction of sp³-hybridized carbons (Fsp3) is 0.450. The molecule has 27 heavy (non-hydrogen) atoms. The van der Waals surface area contributed by atoms with Crippen LogP contribution in [0.15, 0.2) is 35.0 Å². The Bertz CT molecular complexity index is 784. The smallest absolute Gasteiger partial charge is 0.272 e. The van der Waals surface area contributed by atoms with Crippen molar-refractivity contribution < 1.29 is 9.72 Å². The van der Waals surface area contributed by atoms with E-state index in [9.17, 15) is 14.9 Å². The molecule has 1 amide bonds. The standard InChI is InChI=1S/C20H25N3O3S/c1-15-12-16(6-7-18(15)23(25)26)20(24)21-13-19(17-8-11-27-14-17)22-9-4-2-3-5-10-22/h6-8,11-12,14,19H,2-5,9-10,13H2,1H3,(H,21,24). The van der Waals surface area contributed by atoms with Crippen molar-refractivity contribution in [2.24, 2.45) is 0 Å². The van der Waals surface area contributed by atoms with Crippen molar-refractivity contribution in [1.29, 1.82) is 0 Å². The number of nitro groups is 1. The summed E-state index contributed by atoms with van der Waals surface area (Å²) in [4.78, 5) is 25.6. The van der Waals surface area contributed by atoms with Crippen LogP contribution < -0.4 is 5.32 Å². The summed E-state index contributed by atoms with van der Waals surface area (Å²) in [5.41, 5.74) is 2.22. The van der Waals surface area contributed by atoms with Crippen molar-refractivity contribution in [2.45, 2.75) is 38.6 Å². The minimum absolute atomic E-state index is 0.0345. The predicted molar refractivity (Wildman–Crippen MR) is 107 cm³/mol. The van der Waals surface area contributed by atoms with Crippen molar-refractivity contribution in [3.05, 3.63) is 61.8 Å². The highest BCUT2D eigenvalue weighted by atomic mass is 32.1. The van der Waals surface area contributed by atoms with Gasteiger partial charge >= 0.3 is 0 Å². The molecule has 1 aliphatic rings. The fourth-order valence-electron chi connectivity index (χ4n) is 3.62. The largest absolute Gasteiger partial charge is 0.350 e. The van der Waals surface area contributed by atoms with E-state index >= 15 is 0 Å². The lowest BCUT2D eigenvalue weighted by Gasteiger charge is -2.30. The zero-order chi connectivity index (χ0) is 19.2. The number of hydrogen-bond donors (Lipinski definition) is 1. The van der Waals surface area contributed by atoms with Gasteiger partial charge < -0.3 is 5.32 Å². The molecule has 3 rings (SSSR count). The normalized spacial score (nSPS) is 16.5. The quantitative estimate of drug-likeness (QED) is 0.592. The van der Waals surface area contributed by atoms with Crippen LogP contribution in [0.5, 0.6) is 0 Å². The number of amides is 1. The van der Waals surface area contributed by atoms with Gasteiger partial charge in [0.15, 0.2) is 0 Å². The molecule has 1 aromatic carbocycles. The van der Waals surface area contributed by atoms with Gasteiger partial charge in [-0.05, 0) is 67.4 Å². The minimum atomic E-state index is -0.428. The van der Waals surface area contributed by atoms with Crippen LogP contribution in [0.1, 0.15) is 53.2 Å². The molecule has 0 saturated carbocycles. The Morgan fingerprint density at radius 1 is 1.26 bits per heavy atom. The van der Waals surface area contributed by atoms with E-state index in [-0.39, 0.29) is 17.6 Å². The number of carbonyl (C=O) groups excluding carboxylic acids is 1. The van der Waals surface area contributed by atoms with Crippen LogP contribution in [0, 0.1) is 17.0 Å². The molecule has 7 heteroatoms. The first-order valence-corrected chi connectivity index (χ1v) is 10.3. The number of nitrogens with one attached hydrogen (secondary N) is 1. The van der Waals surface area contributed by atoms with E-state index in [2.05, 4.69) is 27.0 Å². The lowest BCUT2D eigenvalue weighted by molar-refractivity contribution is -0.385. The Morgan fingerprint density at radius 2 is 2.00 bits per heavy atom. The molecule has 144 valence electrons. The summed E-state index contributed by atoms with van der Waals surface area (Å²) in [5.74, 6) is -0.192. The number of nitro benzene ring substituents is 1. The van der Waals surface area contributed by atoms with Crippen molar-refractivity contribution in [2.75, 3.05) is 19.6 Å². The lowest BCUT2D eigenvalue weighted by Crippen LogP contribution is -2.38. The van der Waals surface area contributed by atoms with Gasteiger partial charge in [-0.25, -0.2) is 0 Å². The highest BCUT2D eigenvalue weighted by Crippen LogP contribution is 2.26. The molecular weight excluding hydrogens is 362 g/mol. The Kier molecular flexibility index (Phi) is 6.58. The van der Waals surface area contributed by atoms with Crippen molar-refractivity contribution in [3.8, 4) is 0 Å². The van der Waals surface area contributed by atoms with E-state index in [4.69, 9.17) is 0 Å². The molecule has 0 spiro atoms. The van der Waals surface area contributed by atoms with Crippen LogP contribution in [0.2, 0.25) is 0 Å². The Labute approximate surface area is 163 Å². The SMILES string of the molecule is Cc1cc(C(=O)NCC(c2ccsc2)N2CCCCCC2)ccc1[N+](=O)[O-]. The predicted octanol–water partition coefficient (Wildman–Crippen LogP) is 4.31. The number of rotatable bonds is 6. The number of hydrogen-bond acceptors (Lipinski definition) is 5. The number of thiophene rings is 1. The monoisotopic (exact) mass is 387 g/mol. The Morgan fingerprint density at radius 3 is 2.59 bits per heavy atom. The van der Waals surface area contributed by atoms with Gasteiger partial charge in [0.25, 0.3) is 11.6 Å². The van der Waals surface area contributed by atoms with Gasteiger partial charge in [-0.2, -0.15) is 11.3 Å². The second-order valence-electron chi connectivity index (χ2n) is 6.99. The lowest BCUT2D eigenvalue weighted by atomic mass is 10.1. The molecule has 6 nitrogen and oxygen atoms in total. The number of benzene rings is 1. The number of likely N-dealkylation sites (tertiary alicyclic amines) is 1. The summed E-state index contributed by atoms with van der Waals surface area (Å²) in [5, 5.41) is 18.2. The minimum Gasteiger partial charge on any atom is -0.350 e. The molecule has 0 aliphatic carbocycles. The molecule has 1 unspecified atom stereocenters. The van der Waals surface area contributed by atoms with E-state index in [0.29, 0.717) is 17.7 Å². The number of carbonyl (C=O) groups is 1. The number of aryl methyl sites for hydroxylation is 1. The molecule has 2 aromatic rings. The van der Waals surface area contributed by atoms with Crippen molar-refractivity contribution in [3.63, 3.8) is 0 Å². The van der Waals surface area contributed by atoms with Gasteiger partial charge in [0, 0.05) is 23.7 Å².